The fourth-order valence-corrected chi connectivity index (χ4v) is 1.59. The van der Waals surface area contributed by atoms with Crippen molar-refractivity contribution in [2.75, 3.05) is 0 Å². The van der Waals surface area contributed by atoms with Crippen LogP contribution < -0.4 is 5.73 Å². The molecule has 1 aromatic carbocycles. The lowest BCUT2D eigenvalue weighted by Crippen LogP contribution is -2.09. The minimum absolute atomic E-state index is 0.101. The van der Waals surface area contributed by atoms with E-state index in [2.05, 4.69) is 0 Å². The molecule has 0 bridgehead atoms. The van der Waals surface area contributed by atoms with Gasteiger partial charge in [-0.1, -0.05) is 23.2 Å². The van der Waals surface area contributed by atoms with Gasteiger partial charge < -0.3 is 10.8 Å². The Morgan fingerprint density at radius 2 is 2.14 bits per heavy atom. The second kappa shape index (κ2) is 4.52. The molecule has 0 aliphatic heterocycles. The molecule has 5 heteroatoms. The molecule has 1 rings (SSSR count). The zero-order valence-corrected chi connectivity index (χ0v) is 8.68. The van der Waals surface area contributed by atoms with Gasteiger partial charge in [0.25, 0.3) is 0 Å². The van der Waals surface area contributed by atoms with Crippen LogP contribution in [0.15, 0.2) is 12.1 Å². The number of nitrogens with two attached hydrogens (primary N) is 1. The Morgan fingerprint density at radius 1 is 1.50 bits per heavy atom. The molecular weight excluding hydrogens is 223 g/mol. The molecule has 1 aromatic rings. The lowest BCUT2D eigenvalue weighted by molar-refractivity contribution is 0.462. The van der Waals surface area contributed by atoms with E-state index in [4.69, 9.17) is 34.2 Å². The molecule has 0 spiro atoms. The second-order valence-electron chi connectivity index (χ2n) is 2.79. The van der Waals surface area contributed by atoms with Crippen LogP contribution in [0.1, 0.15) is 18.0 Å². The zero-order chi connectivity index (χ0) is 10.7. The van der Waals surface area contributed by atoms with E-state index in [0.29, 0.717) is 10.6 Å². The van der Waals surface area contributed by atoms with Crippen molar-refractivity contribution in [2.24, 2.45) is 5.73 Å². The van der Waals surface area contributed by atoms with Crippen LogP contribution >= 0.6 is 23.2 Å². The maximum Gasteiger partial charge on any atom is 0.139 e. The summed E-state index contributed by atoms with van der Waals surface area (Å²) in [5, 5.41) is 18.5. The minimum atomic E-state index is -0.573. The Hall–Kier alpha value is -0.950. The number of phenolic OH excluding ortho intramolecular Hbond substituents is 1. The largest absolute Gasteiger partial charge is 0.506 e. The third kappa shape index (κ3) is 2.30. The first-order valence-corrected chi connectivity index (χ1v) is 4.62. The lowest BCUT2D eigenvalue weighted by Gasteiger charge is -2.11. The summed E-state index contributed by atoms with van der Waals surface area (Å²) in [6, 6.07) is 4.26. The highest BCUT2D eigenvalue weighted by Gasteiger charge is 2.14. The van der Waals surface area contributed by atoms with Gasteiger partial charge in [0, 0.05) is 16.6 Å². The molecule has 3 nitrogen and oxygen atoms in total. The fourth-order valence-electron chi connectivity index (χ4n) is 1.08. The fraction of sp³-hybridized carbons (Fsp3) is 0.222. The molecule has 0 radical (unpaired) electrons. The quantitative estimate of drug-likeness (QED) is 0.821. The van der Waals surface area contributed by atoms with Gasteiger partial charge in [-0.05, 0) is 12.1 Å². The van der Waals surface area contributed by atoms with Crippen molar-refractivity contribution in [3.05, 3.63) is 27.7 Å². The van der Waals surface area contributed by atoms with Crippen molar-refractivity contribution in [3.63, 3.8) is 0 Å². The van der Waals surface area contributed by atoms with Gasteiger partial charge in [0.05, 0.1) is 17.5 Å². The zero-order valence-electron chi connectivity index (χ0n) is 7.17. The summed E-state index contributed by atoms with van der Waals surface area (Å²) in [5.74, 6) is -0.112. The van der Waals surface area contributed by atoms with Crippen LogP contribution in [0.5, 0.6) is 5.75 Å². The van der Waals surface area contributed by atoms with E-state index < -0.39 is 6.04 Å². The number of rotatable bonds is 2. The van der Waals surface area contributed by atoms with Crippen molar-refractivity contribution in [3.8, 4) is 11.8 Å². The third-order valence-electron chi connectivity index (χ3n) is 1.77. The Morgan fingerprint density at radius 3 is 2.71 bits per heavy atom. The van der Waals surface area contributed by atoms with E-state index in [0.717, 1.165) is 0 Å². The summed E-state index contributed by atoms with van der Waals surface area (Å²) >= 11 is 11.4. The predicted molar refractivity (Wildman–Crippen MR) is 55.3 cm³/mol. The molecule has 0 heterocycles. The van der Waals surface area contributed by atoms with Gasteiger partial charge in [0.2, 0.25) is 0 Å². The van der Waals surface area contributed by atoms with Crippen LogP contribution in [0.4, 0.5) is 0 Å². The highest BCUT2D eigenvalue weighted by atomic mass is 35.5. The standard InChI is InChI=1S/C9H8Cl2N2O/c10-5-3-6(8(13)1-2-12)9(14)7(11)4-5/h3-4,8,14H,1,13H2/t8-/m1/s1. The van der Waals surface area contributed by atoms with Gasteiger partial charge >= 0.3 is 0 Å². The summed E-state index contributed by atoms with van der Waals surface area (Å²) in [5.41, 5.74) is 6.04. The molecule has 14 heavy (non-hydrogen) atoms. The van der Waals surface area contributed by atoms with Crippen LogP contribution in [0.2, 0.25) is 10.0 Å². The molecule has 74 valence electrons. The van der Waals surface area contributed by atoms with Gasteiger partial charge in [-0.15, -0.1) is 0 Å². The number of nitrogens with zero attached hydrogens (tertiary/aromatic N) is 1. The third-order valence-corrected chi connectivity index (χ3v) is 2.27. The summed E-state index contributed by atoms with van der Waals surface area (Å²) < 4.78 is 0. The van der Waals surface area contributed by atoms with Crippen molar-refractivity contribution < 1.29 is 5.11 Å². The topological polar surface area (TPSA) is 70.0 Å². The first kappa shape index (κ1) is 11.1. The van der Waals surface area contributed by atoms with Crippen LogP contribution in [-0.2, 0) is 0 Å². The highest BCUT2D eigenvalue weighted by Crippen LogP contribution is 2.34. The maximum absolute atomic E-state index is 9.54. The SMILES string of the molecule is N#CC[C@@H](N)c1cc(Cl)cc(Cl)c1O. The summed E-state index contributed by atoms with van der Waals surface area (Å²) in [4.78, 5) is 0. The van der Waals surface area contributed by atoms with E-state index >= 15 is 0 Å². The van der Waals surface area contributed by atoms with Crippen LogP contribution in [0, 0.1) is 11.3 Å². The summed E-state index contributed by atoms with van der Waals surface area (Å²) in [7, 11) is 0. The summed E-state index contributed by atoms with van der Waals surface area (Å²) in [6.07, 6.45) is 0.101. The number of nitriles is 1. The van der Waals surface area contributed by atoms with E-state index in [1.807, 2.05) is 6.07 Å². The van der Waals surface area contributed by atoms with Crippen LogP contribution in [0.3, 0.4) is 0 Å². The van der Waals surface area contributed by atoms with Gasteiger partial charge in [0.15, 0.2) is 0 Å². The van der Waals surface area contributed by atoms with E-state index in [-0.39, 0.29) is 17.2 Å². The van der Waals surface area contributed by atoms with E-state index in [1.165, 1.54) is 12.1 Å². The Kier molecular flexibility index (Phi) is 3.59. The van der Waals surface area contributed by atoms with Gasteiger partial charge in [-0.2, -0.15) is 5.26 Å². The molecule has 0 amide bonds. The molecule has 0 aliphatic rings. The Labute approximate surface area is 91.7 Å². The average molecular weight is 231 g/mol. The van der Waals surface area contributed by atoms with E-state index in [9.17, 15) is 5.11 Å². The Bertz CT molecular complexity index is 387. The molecule has 0 unspecified atom stereocenters. The Balaban J connectivity index is 3.14. The van der Waals surface area contributed by atoms with Crippen molar-refractivity contribution in [1.82, 2.24) is 0 Å². The van der Waals surface area contributed by atoms with Crippen molar-refractivity contribution >= 4 is 23.2 Å². The predicted octanol–water partition coefficient (Wildman–Crippen LogP) is 2.61. The maximum atomic E-state index is 9.54. The molecule has 0 saturated carbocycles. The van der Waals surface area contributed by atoms with Crippen LogP contribution in [0.25, 0.3) is 0 Å². The molecule has 0 aromatic heterocycles. The number of halogens is 2. The smallest absolute Gasteiger partial charge is 0.139 e. The van der Waals surface area contributed by atoms with Crippen molar-refractivity contribution in [1.29, 1.82) is 5.26 Å². The molecule has 0 fully saturated rings. The van der Waals surface area contributed by atoms with Gasteiger partial charge in [0.1, 0.15) is 5.75 Å². The number of hydrogen-bond donors (Lipinski definition) is 2. The van der Waals surface area contributed by atoms with Gasteiger partial charge in [-0.25, -0.2) is 0 Å². The molecule has 0 aliphatic carbocycles. The van der Waals surface area contributed by atoms with Crippen LogP contribution in [-0.4, -0.2) is 5.11 Å². The molecule has 3 N–H and O–H groups in total. The van der Waals surface area contributed by atoms with E-state index in [1.54, 1.807) is 0 Å². The molecule has 0 saturated heterocycles. The summed E-state index contributed by atoms with van der Waals surface area (Å²) in [6.45, 7) is 0. The molecule has 1 atom stereocenters. The van der Waals surface area contributed by atoms with Crippen molar-refractivity contribution in [2.45, 2.75) is 12.5 Å². The minimum Gasteiger partial charge on any atom is -0.506 e. The first-order chi connectivity index (χ1) is 6.56. The number of hydrogen-bond acceptors (Lipinski definition) is 3. The first-order valence-electron chi connectivity index (χ1n) is 3.86. The monoisotopic (exact) mass is 230 g/mol. The number of aromatic hydroxyl groups is 1. The highest BCUT2D eigenvalue weighted by molar-refractivity contribution is 6.35. The second-order valence-corrected chi connectivity index (χ2v) is 3.64. The lowest BCUT2D eigenvalue weighted by atomic mass is 10.0. The number of benzene rings is 1. The molecular formula is C9H8Cl2N2O. The normalized spacial score (nSPS) is 12.1. The number of phenols is 1. The van der Waals surface area contributed by atoms with Gasteiger partial charge in [-0.3, -0.25) is 0 Å². The average Bonchev–Trinajstić information content (AvgIpc) is 2.11.